The Balaban J connectivity index is 2.04. The molecule has 0 heterocycles. The Morgan fingerprint density at radius 2 is 1.44 bits per heavy atom. The molecule has 168 valence electrons. The molecule has 0 fully saturated rings. The zero-order valence-corrected chi connectivity index (χ0v) is 17.7. The lowest BCUT2D eigenvalue weighted by molar-refractivity contribution is -0.201. The van der Waals surface area contributed by atoms with Gasteiger partial charge >= 0.3 is 12.1 Å². The molecule has 3 rings (SSSR count). The van der Waals surface area contributed by atoms with E-state index in [4.69, 9.17) is 4.74 Å². The second-order valence-electron chi connectivity index (χ2n) is 7.26. The van der Waals surface area contributed by atoms with Crippen molar-refractivity contribution in [2.45, 2.75) is 25.6 Å². The van der Waals surface area contributed by atoms with E-state index in [2.05, 4.69) is 10.1 Å². The van der Waals surface area contributed by atoms with Crippen LogP contribution in [0.5, 0.6) is 17.2 Å². The van der Waals surface area contributed by atoms with Gasteiger partial charge in [-0.2, -0.15) is 13.2 Å². The molecule has 0 amide bonds. The molecule has 5 nitrogen and oxygen atoms in total. The van der Waals surface area contributed by atoms with Crippen molar-refractivity contribution < 1.29 is 32.5 Å². The summed E-state index contributed by atoms with van der Waals surface area (Å²) in [5.41, 5.74) is -3.16. The molecule has 0 aliphatic rings. The molecule has 8 heteroatoms. The SMILES string of the molecule is COC(=O)C(Nc1ccc(Oc2ccccc2)cc1)(c1cc(C)c(O)c(C)c1)C(F)(F)F. The summed E-state index contributed by atoms with van der Waals surface area (Å²) in [6.07, 6.45) is -5.06. The van der Waals surface area contributed by atoms with E-state index in [0.29, 0.717) is 11.5 Å². The van der Waals surface area contributed by atoms with Crippen molar-refractivity contribution in [2.24, 2.45) is 0 Å². The summed E-state index contributed by atoms with van der Waals surface area (Å²) in [6, 6.07) is 16.9. The van der Waals surface area contributed by atoms with Crippen LogP contribution in [-0.4, -0.2) is 24.4 Å². The lowest BCUT2D eigenvalue weighted by Gasteiger charge is -2.35. The van der Waals surface area contributed by atoms with E-state index in [1.54, 1.807) is 24.3 Å². The van der Waals surface area contributed by atoms with Crippen LogP contribution in [0.25, 0.3) is 0 Å². The van der Waals surface area contributed by atoms with Crippen molar-refractivity contribution in [3.8, 4) is 17.2 Å². The number of nitrogens with one attached hydrogen (secondary N) is 1. The van der Waals surface area contributed by atoms with Gasteiger partial charge in [0.1, 0.15) is 17.2 Å². The summed E-state index contributed by atoms with van der Waals surface area (Å²) < 4.78 is 53.6. The summed E-state index contributed by atoms with van der Waals surface area (Å²) in [7, 11) is 0.890. The van der Waals surface area contributed by atoms with E-state index in [-0.39, 0.29) is 22.6 Å². The second kappa shape index (κ2) is 8.82. The number of alkyl halides is 3. The number of esters is 1. The molecular weight excluding hydrogens is 423 g/mol. The van der Waals surface area contributed by atoms with Gasteiger partial charge in [-0.25, -0.2) is 4.79 Å². The minimum Gasteiger partial charge on any atom is -0.507 e. The molecule has 0 saturated heterocycles. The Hall–Kier alpha value is -3.68. The summed E-state index contributed by atoms with van der Waals surface area (Å²) in [6.45, 7) is 2.92. The molecule has 0 aromatic heterocycles. The van der Waals surface area contributed by atoms with Crippen LogP contribution in [0.15, 0.2) is 66.7 Å². The highest BCUT2D eigenvalue weighted by Gasteiger charge is 2.63. The number of anilines is 1. The first-order chi connectivity index (χ1) is 15.1. The van der Waals surface area contributed by atoms with Crippen LogP contribution in [-0.2, 0) is 15.1 Å². The molecule has 2 N–H and O–H groups in total. The molecule has 0 bridgehead atoms. The highest BCUT2D eigenvalue weighted by atomic mass is 19.4. The van der Waals surface area contributed by atoms with Crippen LogP contribution in [0.4, 0.5) is 18.9 Å². The van der Waals surface area contributed by atoms with Crippen molar-refractivity contribution in [3.63, 3.8) is 0 Å². The number of phenolic OH excluding ortho intramolecular Hbond substituents is 1. The lowest BCUT2D eigenvalue weighted by Crippen LogP contribution is -2.55. The Labute approximate surface area is 183 Å². The summed E-state index contributed by atoms with van der Waals surface area (Å²) >= 11 is 0. The maximum Gasteiger partial charge on any atom is 0.426 e. The zero-order chi connectivity index (χ0) is 23.5. The summed E-state index contributed by atoms with van der Waals surface area (Å²) in [5.74, 6) is -0.688. The fourth-order valence-electron chi connectivity index (χ4n) is 3.36. The number of phenols is 1. The minimum absolute atomic E-state index is 0.0246. The predicted molar refractivity (Wildman–Crippen MR) is 114 cm³/mol. The molecule has 1 unspecified atom stereocenters. The molecule has 0 aliphatic carbocycles. The second-order valence-corrected chi connectivity index (χ2v) is 7.26. The first kappa shape index (κ1) is 23.0. The van der Waals surface area contributed by atoms with Crippen molar-refractivity contribution >= 4 is 11.7 Å². The maximum absolute atomic E-state index is 14.5. The number of benzene rings is 3. The van der Waals surface area contributed by atoms with Crippen molar-refractivity contribution in [2.75, 3.05) is 12.4 Å². The highest BCUT2D eigenvalue weighted by molar-refractivity contribution is 5.88. The van der Waals surface area contributed by atoms with E-state index in [1.165, 1.54) is 38.1 Å². The predicted octanol–water partition coefficient (Wildman–Crippen LogP) is 5.84. The van der Waals surface area contributed by atoms with E-state index in [0.717, 1.165) is 19.2 Å². The van der Waals surface area contributed by atoms with Crippen LogP contribution >= 0.6 is 0 Å². The van der Waals surface area contributed by atoms with Crippen LogP contribution in [0.2, 0.25) is 0 Å². The number of hydrogen-bond donors (Lipinski definition) is 2. The van der Waals surface area contributed by atoms with Crippen LogP contribution < -0.4 is 10.1 Å². The number of para-hydroxylation sites is 1. The molecule has 3 aromatic rings. The molecule has 3 aromatic carbocycles. The van der Waals surface area contributed by atoms with Crippen LogP contribution in [0.1, 0.15) is 16.7 Å². The average molecular weight is 445 g/mol. The first-order valence-corrected chi connectivity index (χ1v) is 9.65. The van der Waals surface area contributed by atoms with Gasteiger partial charge in [0.15, 0.2) is 0 Å². The quantitative estimate of drug-likeness (QED) is 0.467. The number of halogens is 3. The van der Waals surface area contributed by atoms with Crippen LogP contribution in [0, 0.1) is 13.8 Å². The number of aromatic hydroxyl groups is 1. The number of ether oxygens (including phenoxy) is 2. The smallest absolute Gasteiger partial charge is 0.426 e. The third-order valence-electron chi connectivity index (χ3n) is 5.01. The van der Waals surface area contributed by atoms with E-state index >= 15 is 0 Å². The van der Waals surface area contributed by atoms with Crippen molar-refractivity contribution in [1.29, 1.82) is 0 Å². The summed E-state index contributed by atoms with van der Waals surface area (Å²) in [5, 5.41) is 12.3. The van der Waals surface area contributed by atoms with Crippen molar-refractivity contribution in [3.05, 3.63) is 83.4 Å². The number of rotatable bonds is 6. The molecule has 1 atom stereocenters. The Morgan fingerprint density at radius 1 is 0.906 bits per heavy atom. The van der Waals surface area contributed by atoms with Gasteiger partial charge in [0, 0.05) is 5.69 Å². The fourth-order valence-corrected chi connectivity index (χ4v) is 3.36. The molecule has 0 aliphatic heterocycles. The Morgan fingerprint density at radius 3 is 1.94 bits per heavy atom. The number of aryl methyl sites for hydroxylation is 2. The number of hydrogen-bond acceptors (Lipinski definition) is 5. The summed E-state index contributed by atoms with van der Waals surface area (Å²) in [4.78, 5) is 12.6. The number of carbonyl (C=O) groups is 1. The molecule has 32 heavy (non-hydrogen) atoms. The van der Waals surface area contributed by atoms with Gasteiger partial charge in [0.25, 0.3) is 5.54 Å². The van der Waals surface area contributed by atoms with E-state index < -0.39 is 23.2 Å². The van der Waals surface area contributed by atoms with Crippen LogP contribution in [0.3, 0.4) is 0 Å². The van der Waals surface area contributed by atoms with Gasteiger partial charge in [-0.05, 0) is 79.1 Å². The standard InChI is InChI=1S/C24H22F3NO4/c1-15-13-17(14-16(2)21(15)29)23(22(30)31-3,24(25,26)27)28-18-9-11-20(12-10-18)32-19-7-5-4-6-8-19/h4-14,28-29H,1-3H3. The third kappa shape index (κ3) is 4.34. The van der Waals surface area contributed by atoms with Gasteiger partial charge in [-0.1, -0.05) is 18.2 Å². The minimum atomic E-state index is -5.06. The number of methoxy groups -OCH3 is 1. The van der Waals surface area contributed by atoms with Gasteiger partial charge in [-0.15, -0.1) is 0 Å². The fraction of sp³-hybridized carbons (Fsp3) is 0.208. The molecule has 0 saturated carbocycles. The van der Waals surface area contributed by atoms with Crippen molar-refractivity contribution in [1.82, 2.24) is 0 Å². The number of carbonyl (C=O) groups excluding carboxylic acids is 1. The third-order valence-corrected chi connectivity index (χ3v) is 5.01. The Bertz CT molecular complexity index is 1080. The molecule has 0 spiro atoms. The normalized spacial score (nSPS) is 13.2. The largest absolute Gasteiger partial charge is 0.507 e. The molecular formula is C24H22F3NO4. The van der Waals surface area contributed by atoms with E-state index in [9.17, 15) is 23.1 Å². The highest BCUT2D eigenvalue weighted by Crippen LogP contribution is 2.44. The lowest BCUT2D eigenvalue weighted by atomic mass is 9.86. The Kier molecular flexibility index (Phi) is 6.34. The first-order valence-electron chi connectivity index (χ1n) is 9.65. The van der Waals surface area contributed by atoms with Gasteiger partial charge in [-0.3, -0.25) is 0 Å². The molecule has 0 radical (unpaired) electrons. The van der Waals surface area contributed by atoms with E-state index in [1.807, 2.05) is 6.07 Å². The van der Waals surface area contributed by atoms with Gasteiger partial charge in [0.2, 0.25) is 0 Å². The zero-order valence-electron chi connectivity index (χ0n) is 17.7. The topological polar surface area (TPSA) is 67.8 Å². The maximum atomic E-state index is 14.5. The average Bonchev–Trinajstić information content (AvgIpc) is 2.76. The monoisotopic (exact) mass is 445 g/mol. The van der Waals surface area contributed by atoms with Gasteiger partial charge < -0.3 is 19.9 Å². The van der Waals surface area contributed by atoms with Gasteiger partial charge in [0.05, 0.1) is 7.11 Å².